The van der Waals surface area contributed by atoms with E-state index in [2.05, 4.69) is 241 Å². The first-order valence-corrected chi connectivity index (χ1v) is 20.7. The lowest BCUT2D eigenvalue weighted by molar-refractivity contribution is 0.976. The fraction of sp³-hybridized carbons (Fsp3) is 0.0345. The maximum Gasteiger partial charge on any atom is 0.0649 e. The van der Waals surface area contributed by atoms with Gasteiger partial charge in [0.2, 0.25) is 0 Å². The van der Waals surface area contributed by atoms with Crippen molar-refractivity contribution in [3.8, 4) is 55.6 Å². The Hall–Kier alpha value is -7.68. The van der Waals surface area contributed by atoms with E-state index in [0.717, 1.165) is 23.6 Å². The Morgan fingerprint density at radius 1 is 0.350 bits per heavy atom. The smallest absolute Gasteiger partial charge is 0.0649 e. The standard InChI is InChI=1S/C58H44N2/c1-59-55-31-17-18-32-56(55)60(46-23-9-4-10-24-46)40-41-33-35-42(36-34-41)45-37-38-53-54(39-45)58(50-28-14-12-26-48(50)44-21-7-3-8-22-44)52-30-16-15-29-51(52)57(53)49-27-13-11-25-47(49)43-19-5-2-6-20-43/h2-39,59H,40H2,1H3. The Labute approximate surface area is 352 Å². The zero-order valence-electron chi connectivity index (χ0n) is 33.6. The molecule has 0 unspecified atom stereocenters. The maximum absolute atomic E-state index is 3.40. The Kier molecular flexibility index (Phi) is 9.95. The molecule has 10 aromatic rings. The zero-order valence-corrected chi connectivity index (χ0v) is 33.6. The van der Waals surface area contributed by atoms with Crippen molar-refractivity contribution >= 4 is 38.6 Å². The number of rotatable bonds is 10. The molecule has 2 nitrogen and oxygen atoms in total. The van der Waals surface area contributed by atoms with Crippen LogP contribution in [0.15, 0.2) is 231 Å². The van der Waals surface area contributed by atoms with Gasteiger partial charge < -0.3 is 10.2 Å². The summed E-state index contributed by atoms with van der Waals surface area (Å²) in [5.41, 5.74) is 16.8. The molecule has 0 atom stereocenters. The maximum atomic E-state index is 3.40. The van der Waals surface area contributed by atoms with Gasteiger partial charge in [-0.2, -0.15) is 0 Å². The molecule has 0 fully saturated rings. The van der Waals surface area contributed by atoms with E-state index in [4.69, 9.17) is 0 Å². The molecule has 0 amide bonds. The van der Waals surface area contributed by atoms with Gasteiger partial charge >= 0.3 is 0 Å². The average Bonchev–Trinajstić information content (AvgIpc) is 3.33. The second-order valence-electron chi connectivity index (χ2n) is 15.3. The summed E-state index contributed by atoms with van der Waals surface area (Å²) in [6.07, 6.45) is 0. The first kappa shape index (κ1) is 36.6. The summed E-state index contributed by atoms with van der Waals surface area (Å²) in [6, 6.07) is 83.7. The highest BCUT2D eigenvalue weighted by atomic mass is 15.1. The van der Waals surface area contributed by atoms with Gasteiger partial charge in [0.05, 0.1) is 11.4 Å². The normalized spacial score (nSPS) is 11.2. The van der Waals surface area contributed by atoms with Crippen LogP contribution in [-0.2, 0) is 6.54 Å². The number of hydrogen-bond acceptors (Lipinski definition) is 2. The highest BCUT2D eigenvalue weighted by molar-refractivity contribution is 6.23. The Morgan fingerprint density at radius 2 is 0.800 bits per heavy atom. The third kappa shape index (κ3) is 6.89. The van der Waals surface area contributed by atoms with Crippen LogP contribution in [0, 0.1) is 0 Å². The van der Waals surface area contributed by atoms with Gasteiger partial charge in [0.1, 0.15) is 0 Å². The van der Waals surface area contributed by atoms with Crippen molar-refractivity contribution in [2.45, 2.75) is 6.54 Å². The topological polar surface area (TPSA) is 15.3 Å². The fourth-order valence-electron chi connectivity index (χ4n) is 8.91. The van der Waals surface area contributed by atoms with Gasteiger partial charge in [-0.3, -0.25) is 0 Å². The fourth-order valence-corrected chi connectivity index (χ4v) is 8.91. The van der Waals surface area contributed by atoms with Crippen molar-refractivity contribution in [2.24, 2.45) is 0 Å². The van der Waals surface area contributed by atoms with Crippen LogP contribution in [-0.4, -0.2) is 7.05 Å². The molecule has 0 radical (unpaired) electrons. The van der Waals surface area contributed by atoms with E-state index in [1.807, 2.05) is 7.05 Å². The molecule has 0 saturated heterocycles. The highest BCUT2D eigenvalue weighted by Gasteiger charge is 2.21. The lowest BCUT2D eigenvalue weighted by atomic mass is 9.81. The molecule has 0 spiro atoms. The second kappa shape index (κ2) is 16.3. The van der Waals surface area contributed by atoms with Gasteiger partial charge in [-0.05, 0) is 113 Å². The van der Waals surface area contributed by atoms with E-state index >= 15 is 0 Å². The van der Waals surface area contributed by atoms with Crippen LogP contribution in [0.5, 0.6) is 0 Å². The van der Waals surface area contributed by atoms with Gasteiger partial charge in [-0.15, -0.1) is 0 Å². The molecule has 0 aliphatic heterocycles. The molecule has 0 aromatic heterocycles. The number of nitrogens with zero attached hydrogens (tertiary/aromatic N) is 1. The van der Waals surface area contributed by atoms with Gasteiger partial charge in [0.15, 0.2) is 0 Å². The van der Waals surface area contributed by atoms with E-state index in [9.17, 15) is 0 Å². The van der Waals surface area contributed by atoms with Gasteiger partial charge in [-0.1, -0.05) is 200 Å². The molecule has 0 bridgehead atoms. The summed E-state index contributed by atoms with van der Waals surface area (Å²) in [6.45, 7) is 0.733. The third-order valence-electron chi connectivity index (χ3n) is 11.7. The van der Waals surface area contributed by atoms with Crippen LogP contribution in [0.25, 0.3) is 77.2 Å². The predicted octanol–water partition coefficient (Wildman–Crippen LogP) is 15.7. The molecule has 0 aliphatic rings. The van der Waals surface area contributed by atoms with Crippen LogP contribution >= 0.6 is 0 Å². The van der Waals surface area contributed by atoms with Crippen LogP contribution in [0.4, 0.5) is 17.1 Å². The molecule has 10 aromatic carbocycles. The molecule has 286 valence electrons. The number of anilines is 3. The molecule has 0 heterocycles. The summed E-state index contributed by atoms with van der Waals surface area (Å²) in [5.74, 6) is 0. The lowest BCUT2D eigenvalue weighted by Gasteiger charge is -2.27. The molecule has 2 heteroatoms. The van der Waals surface area contributed by atoms with E-state index in [0.29, 0.717) is 0 Å². The number of nitrogens with one attached hydrogen (secondary N) is 1. The van der Waals surface area contributed by atoms with Crippen molar-refractivity contribution < 1.29 is 0 Å². The summed E-state index contributed by atoms with van der Waals surface area (Å²) in [5, 5.41) is 8.35. The number of para-hydroxylation sites is 3. The third-order valence-corrected chi connectivity index (χ3v) is 11.7. The summed E-state index contributed by atoms with van der Waals surface area (Å²) in [4.78, 5) is 2.38. The van der Waals surface area contributed by atoms with Gasteiger partial charge in [0.25, 0.3) is 0 Å². The van der Waals surface area contributed by atoms with Crippen LogP contribution in [0.2, 0.25) is 0 Å². The lowest BCUT2D eigenvalue weighted by Crippen LogP contribution is -2.17. The first-order chi connectivity index (χ1) is 29.7. The summed E-state index contributed by atoms with van der Waals surface area (Å²) in [7, 11) is 1.99. The van der Waals surface area contributed by atoms with Crippen LogP contribution in [0.1, 0.15) is 5.56 Å². The van der Waals surface area contributed by atoms with E-state index in [1.54, 1.807) is 0 Å². The SMILES string of the molecule is CNc1ccccc1N(Cc1ccc(-c2ccc3c(-c4ccccc4-c4ccccc4)c4ccccc4c(-c4ccccc4-c4ccccc4)c3c2)cc1)c1ccccc1. The number of fused-ring (bicyclic) bond motifs is 2. The number of hydrogen-bond donors (Lipinski definition) is 1. The van der Waals surface area contributed by atoms with Crippen molar-refractivity contribution in [2.75, 3.05) is 17.3 Å². The monoisotopic (exact) mass is 768 g/mol. The Balaban J connectivity index is 1.16. The van der Waals surface area contributed by atoms with Crippen LogP contribution < -0.4 is 10.2 Å². The molecule has 0 saturated carbocycles. The molecule has 60 heavy (non-hydrogen) atoms. The zero-order chi connectivity index (χ0) is 40.3. The van der Waals surface area contributed by atoms with Crippen molar-refractivity contribution in [1.82, 2.24) is 0 Å². The van der Waals surface area contributed by atoms with Gasteiger partial charge in [-0.25, -0.2) is 0 Å². The van der Waals surface area contributed by atoms with E-state index < -0.39 is 0 Å². The average molecular weight is 769 g/mol. The van der Waals surface area contributed by atoms with Crippen LogP contribution in [0.3, 0.4) is 0 Å². The quantitative estimate of drug-likeness (QED) is 0.139. The van der Waals surface area contributed by atoms with E-state index in [-0.39, 0.29) is 0 Å². The van der Waals surface area contributed by atoms with Crippen molar-refractivity contribution in [1.29, 1.82) is 0 Å². The minimum Gasteiger partial charge on any atom is -0.386 e. The van der Waals surface area contributed by atoms with Crippen molar-refractivity contribution in [3.05, 3.63) is 236 Å². The predicted molar refractivity (Wildman–Crippen MR) is 257 cm³/mol. The minimum atomic E-state index is 0.733. The Morgan fingerprint density at radius 3 is 1.38 bits per heavy atom. The van der Waals surface area contributed by atoms with Gasteiger partial charge in [0, 0.05) is 19.3 Å². The molecule has 1 N–H and O–H groups in total. The second-order valence-corrected chi connectivity index (χ2v) is 15.3. The molecular formula is C58H44N2. The molecule has 10 rings (SSSR count). The molecule has 0 aliphatic carbocycles. The highest BCUT2D eigenvalue weighted by Crippen LogP contribution is 2.48. The summed E-state index contributed by atoms with van der Waals surface area (Å²) < 4.78 is 0. The van der Waals surface area contributed by atoms with E-state index in [1.165, 1.54) is 82.7 Å². The van der Waals surface area contributed by atoms with Crippen molar-refractivity contribution in [3.63, 3.8) is 0 Å². The largest absolute Gasteiger partial charge is 0.386 e. The molecular weight excluding hydrogens is 725 g/mol. The summed E-state index contributed by atoms with van der Waals surface area (Å²) >= 11 is 0. The Bertz CT molecular complexity index is 3080. The number of benzene rings is 10. The minimum absolute atomic E-state index is 0.733. The first-order valence-electron chi connectivity index (χ1n) is 20.7.